The number of hydrogen-bond donors (Lipinski definition) is 1. The van der Waals surface area contributed by atoms with E-state index in [1.54, 1.807) is 10.6 Å². The number of thioether (sulfide) groups is 1. The van der Waals surface area contributed by atoms with E-state index in [2.05, 4.69) is 17.2 Å². The van der Waals surface area contributed by atoms with E-state index >= 15 is 0 Å². The first-order valence-electron chi connectivity index (χ1n) is 9.19. The van der Waals surface area contributed by atoms with Crippen LogP contribution in [0.2, 0.25) is 0 Å². The molecule has 2 heterocycles. The first kappa shape index (κ1) is 18.9. The minimum atomic E-state index is -0.0602. The summed E-state index contributed by atoms with van der Waals surface area (Å²) >= 11 is 1.32. The summed E-state index contributed by atoms with van der Waals surface area (Å²) in [6, 6.07) is 7.35. The lowest BCUT2D eigenvalue weighted by Gasteiger charge is -2.13. The number of aromatic nitrogens is 2. The Labute approximate surface area is 157 Å². The second-order valence-corrected chi connectivity index (χ2v) is 7.39. The van der Waals surface area contributed by atoms with Crippen molar-refractivity contribution in [1.82, 2.24) is 14.9 Å². The van der Waals surface area contributed by atoms with Crippen molar-refractivity contribution in [2.24, 2.45) is 0 Å². The van der Waals surface area contributed by atoms with Gasteiger partial charge in [-0.05, 0) is 31.4 Å². The van der Waals surface area contributed by atoms with Gasteiger partial charge in [0.15, 0.2) is 5.16 Å². The molecule has 1 aliphatic heterocycles. The van der Waals surface area contributed by atoms with Crippen molar-refractivity contribution in [3.63, 3.8) is 0 Å². The van der Waals surface area contributed by atoms with E-state index in [0.717, 1.165) is 32.3 Å². The molecule has 0 saturated carbocycles. The van der Waals surface area contributed by atoms with Gasteiger partial charge in [0, 0.05) is 19.7 Å². The van der Waals surface area contributed by atoms with Crippen LogP contribution in [0.5, 0.6) is 0 Å². The summed E-state index contributed by atoms with van der Waals surface area (Å²) in [5.74, 6) is 0.179. The van der Waals surface area contributed by atoms with Crippen LogP contribution in [-0.4, -0.2) is 40.5 Å². The van der Waals surface area contributed by atoms with Crippen LogP contribution in [0.4, 0.5) is 0 Å². The Morgan fingerprint density at radius 3 is 3.04 bits per heavy atom. The second kappa shape index (κ2) is 9.19. The topological polar surface area (TPSA) is 73.2 Å². The van der Waals surface area contributed by atoms with Crippen molar-refractivity contribution in [2.75, 3.05) is 18.9 Å². The first-order chi connectivity index (χ1) is 12.7. The lowest BCUT2D eigenvalue weighted by Crippen LogP contribution is -2.33. The van der Waals surface area contributed by atoms with Crippen LogP contribution >= 0.6 is 11.8 Å². The number of carbonyl (C=O) groups excluding carboxylic acids is 1. The number of benzene rings is 1. The number of carbonyl (C=O) groups is 1. The van der Waals surface area contributed by atoms with Gasteiger partial charge in [-0.2, -0.15) is 0 Å². The van der Waals surface area contributed by atoms with Crippen molar-refractivity contribution >= 4 is 28.6 Å². The number of nitrogens with one attached hydrogen (secondary N) is 1. The van der Waals surface area contributed by atoms with Gasteiger partial charge in [0.05, 0.1) is 22.8 Å². The standard InChI is InChI=1S/C19H25N3O3S/c1-2-3-10-22-18(24)15-8-4-5-9-16(15)21-19(22)26-13-17(23)20-12-14-7-6-11-25-14/h4-5,8-9,14H,2-3,6-7,10-13H2,1H3,(H,20,23)/t14-/m1/s1. The van der Waals surface area contributed by atoms with Crippen molar-refractivity contribution in [3.05, 3.63) is 34.6 Å². The lowest BCUT2D eigenvalue weighted by atomic mass is 10.2. The summed E-state index contributed by atoms with van der Waals surface area (Å²) in [6.45, 7) is 4.03. The van der Waals surface area contributed by atoms with Crippen LogP contribution in [0.25, 0.3) is 10.9 Å². The molecule has 1 aliphatic rings. The summed E-state index contributed by atoms with van der Waals surface area (Å²) in [4.78, 5) is 29.6. The molecule has 0 aliphatic carbocycles. The predicted octanol–water partition coefficient (Wildman–Crippen LogP) is 2.58. The van der Waals surface area contributed by atoms with Crippen LogP contribution in [-0.2, 0) is 16.1 Å². The number of amides is 1. The summed E-state index contributed by atoms with van der Waals surface area (Å²) < 4.78 is 7.21. The molecule has 26 heavy (non-hydrogen) atoms. The molecule has 1 aromatic heterocycles. The van der Waals surface area contributed by atoms with Crippen LogP contribution < -0.4 is 10.9 Å². The molecule has 2 aromatic rings. The fourth-order valence-corrected chi connectivity index (χ4v) is 3.84. The SMILES string of the molecule is CCCCn1c(SCC(=O)NC[C@H]2CCCO2)nc2ccccc2c1=O. The maximum absolute atomic E-state index is 12.8. The number of nitrogens with zero attached hydrogens (tertiary/aromatic N) is 2. The number of para-hydroxylation sites is 1. The Morgan fingerprint density at radius 1 is 1.42 bits per heavy atom. The first-order valence-corrected chi connectivity index (χ1v) is 10.2. The molecule has 1 amide bonds. The van der Waals surface area contributed by atoms with Gasteiger partial charge < -0.3 is 10.1 Å². The smallest absolute Gasteiger partial charge is 0.262 e. The van der Waals surface area contributed by atoms with Crippen molar-refractivity contribution in [2.45, 2.75) is 50.4 Å². The van der Waals surface area contributed by atoms with Gasteiger partial charge in [-0.15, -0.1) is 0 Å². The summed E-state index contributed by atoms with van der Waals surface area (Å²) in [7, 11) is 0. The third kappa shape index (κ3) is 4.65. The normalized spacial score (nSPS) is 16.9. The highest BCUT2D eigenvalue weighted by molar-refractivity contribution is 7.99. The van der Waals surface area contributed by atoms with Crippen molar-refractivity contribution in [3.8, 4) is 0 Å². The maximum Gasteiger partial charge on any atom is 0.262 e. The fourth-order valence-electron chi connectivity index (χ4n) is 2.99. The van der Waals surface area contributed by atoms with Gasteiger partial charge in [-0.25, -0.2) is 4.98 Å². The molecule has 1 aromatic carbocycles. The summed E-state index contributed by atoms with van der Waals surface area (Å²) in [5.41, 5.74) is 0.638. The minimum absolute atomic E-state index is 0.0358. The zero-order chi connectivity index (χ0) is 18.4. The lowest BCUT2D eigenvalue weighted by molar-refractivity contribution is -0.119. The van der Waals surface area contributed by atoms with Crippen molar-refractivity contribution in [1.29, 1.82) is 0 Å². The number of rotatable bonds is 8. The largest absolute Gasteiger partial charge is 0.376 e. The van der Waals surface area contributed by atoms with Gasteiger partial charge in [0.1, 0.15) is 0 Å². The fraction of sp³-hybridized carbons (Fsp3) is 0.526. The highest BCUT2D eigenvalue weighted by Gasteiger charge is 2.17. The monoisotopic (exact) mass is 375 g/mol. The number of fused-ring (bicyclic) bond motifs is 1. The molecule has 0 spiro atoms. The third-order valence-electron chi connectivity index (χ3n) is 4.45. The van der Waals surface area contributed by atoms with E-state index in [4.69, 9.17) is 4.74 Å². The molecule has 1 N–H and O–H groups in total. The summed E-state index contributed by atoms with van der Waals surface area (Å²) in [6.07, 6.45) is 4.07. The van der Waals surface area contributed by atoms with E-state index in [0.29, 0.717) is 29.1 Å². The van der Waals surface area contributed by atoms with E-state index in [1.165, 1.54) is 11.8 Å². The van der Waals surface area contributed by atoms with Crippen LogP contribution in [0.1, 0.15) is 32.6 Å². The van der Waals surface area contributed by atoms with E-state index in [-0.39, 0.29) is 23.3 Å². The molecule has 0 bridgehead atoms. The van der Waals surface area contributed by atoms with Gasteiger partial charge in [0.2, 0.25) is 5.91 Å². The zero-order valence-electron chi connectivity index (χ0n) is 15.1. The van der Waals surface area contributed by atoms with E-state index in [1.807, 2.05) is 18.2 Å². The van der Waals surface area contributed by atoms with Gasteiger partial charge >= 0.3 is 0 Å². The molecule has 0 unspecified atom stereocenters. The minimum Gasteiger partial charge on any atom is -0.376 e. The Bertz CT molecular complexity index is 815. The molecular weight excluding hydrogens is 350 g/mol. The number of hydrogen-bond acceptors (Lipinski definition) is 5. The Morgan fingerprint density at radius 2 is 2.27 bits per heavy atom. The van der Waals surface area contributed by atoms with Crippen LogP contribution in [0.15, 0.2) is 34.2 Å². The highest BCUT2D eigenvalue weighted by Crippen LogP contribution is 2.18. The molecule has 3 rings (SSSR count). The molecule has 1 atom stereocenters. The van der Waals surface area contributed by atoms with Gasteiger partial charge in [-0.1, -0.05) is 37.2 Å². The number of ether oxygens (including phenoxy) is 1. The zero-order valence-corrected chi connectivity index (χ0v) is 15.9. The Hall–Kier alpha value is -1.86. The number of unbranched alkanes of at least 4 members (excludes halogenated alkanes) is 1. The Balaban J connectivity index is 1.70. The molecule has 7 heteroatoms. The summed E-state index contributed by atoms with van der Waals surface area (Å²) in [5, 5.41) is 4.14. The third-order valence-corrected chi connectivity index (χ3v) is 5.42. The van der Waals surface area contributed by atoms with Gasteiger partial charge in [0.25, 0.3) is 5.56 Å². The molecule has 1 fully saturated rings. The molecule has 140 valence electrons. The molecular formula is C19H25N3O3S. The average Bonchev–Trinajstić information content (AvgIpc) is 3.18. The van der Waals surface area contributed by atoms with E-state index < -0.39 is 0 Å². The van der Waals surface area contributed by atoms with Crippen LogP contribution in [0, 0.1) is 0 Å². The second-order valence-electron chi connectivity index (χ2n) is 6.45. The maximum atomic E-state index is 12.8. The Kier molecular flexibility index (Phi) is 6.68. The van der Waals surface area contributed by atoms with Crippen molar-refractivity contribution < 1.29 is 9.53 Å². The average molecular weight is 375 g/mol. The molecule has 1 saturated heterocycles. The van der Waals surface area contributed by atoms with Crippen LogP contribution in [0.3, 0.4) is 0 Å². The predicted molar refractivity (Wildman–Crippen MR) is 104 cm³/mol. The molecule has 6 nitrogen and oxygen atoms in total. The molecule has 0 radical (unpaired) electrons. The quantitative estimate of drug-likeness (QED) is 0.567. The highest BCUT2D eigenvalue weighted by atomic mass is 32.2. The van der Waals surface area contributed by atoms with E-state index in [9.17, 15) is 9.59 Å². The van der Waals surface area contributed by atoms with Gasteiger partial charge in [-0.3, -0.25) is 14.2 Å².